The molecule has 0 N–H and O–H groups in total. The number of hydrogen-bond acceptors (Lipinski definition) is 0. The van der Waals surface area contributed by atoms with E-state index in [2.05, 4.69) is 53.7 Å². The topological polar surface area (TPSA) is 0 Å². The molecule has 0 saturated heterocycles. The lowest BCUT2D eigenvalue weighted by molar-refractivity contribution is 0.552. The number of rotatable bonds is 24. The molecule has 0 heteroatoms. The number of aryl methyl sites for hydroxylation is 1. The van der Waals surface area contributed by atoms with Crippen LogP contribution in [0.4, 0.5) is 0 Å². The standard InChI is InChI=1S/C36H66/c1-7-9-11-13-15-17-19-21-23-25-27-33-29-30-34(31(3)4)36(32(5)6)35(33)28-26-24-22-20-18-16-14-12-10-8-2/h29-32H,7-28H2,1-6H3. The van der Waals surface area contributed by atoms with Gasteiger partial charge in [-0.1, -0.05) is 169 Å². The van der Waals surface area contributed by atoms with Crippen molar-refractivity contribution in [2.75, 3.05) is 0 Å². The van der Waals surface area contributed by atoms with Crippen molar-refractivity contribution in [2.45, 2.75) is 195 Å². The summed E-state index contributed by atoms with van der Waals surface area (Å²) < 4.78 is 0. The van der Waals surface area contributed by atoms with Crippen molar-refractivity contribution in [3.63, 3.8) is 0 Å². The Morgan fingerprint density at radius 3 is 1.22 bits per heavy atom. The highest BCUT2D eigenvalue weighted by molar-refractivity contribution is 5.44. The average molecular weight is 499 g/mol. The van der Waals surface area contributed by atoms with E-state index < -0.39 is 0 Å². The van der Waals surface area contributed by atoms with Crippen LogP contribution in [0.2, 0.25) is 0 Å². The molecule has 0 spiro atoms. The maximum absolute atomic E-state index is 2.51. The smallest absolute Gasteiger partial charge is 0.0213 e. The summed E-state index contributed by atoms with van der Waals surface area (Å²) in [5, 5.41) is 0. The summed E-state index contributed by atoms with van der Waals surface area (Å²) in [4.78, 5) is 0. The van der Waals surface area contributed by atoms with Crippen molar-refractivity contribution in [1.82, 2.24) is 0 Å². The summed E-state index contributed by atoms with van der Waals surface area (Å²) >= 11 is 0. The largest absolute Gasteiger partial charge is 0.0654 e. The number of hydrogen-bond donors (Lipinski definition) is 0. The van der Waals surface area contributed by atoms with E-state index in [0.717, 1.165) is 0 Å². The van der Waals surface area contributed by atoms with Crippen LogP contribution in [0.3, 0.4) is 0 Å². The molecule has 0 saturated carbocycles. The average Bonchev–Trinajstić information content (AvgIpc) is 2.86. The summed E-state index contributed by atoms with van der Waals surface area (Å²) in [6, 6.07) is 4.99. The van der Waals surface area contributed by atoms with E-state index in [1.165, 1.54) is 141 Å². The quantitative estimate of drug-likeness (QED) is 0.124. The van der Waals surface area contributed by atoms with Crippen molar-refractivity contribution in [3.8, 4) is 0 Å². The lowest BCUT2D eigenvalue weighted by Gasteiger charge is -2.24. The zero-order chi connectivity index (χ0) is 26.4. The Hall–Kier alpha value is -0.780. The van der Waals surface area contributed by atoms with E-state index in [1.54, 1.807) is 22.3 Å². The Kier molecular flexibility index (Phi) is 20.5. The fourth-order valence-electron chi connectivity index (χ4n) is 6.03. The highest BCUT2D eigenvalue weighted by atomic mass is 14.2. The molecule has 0 atom stereocenters. The minimum atomic E-state index is 0.625. The van der Waals surface area contributed by atoms with Gasteiger partial charge in [0, 0.05) is 0 Å². The fraction of sp³-hybridized carbons (Fsp3) is 0.833. The summed E-state index contributed by atoms with van der Waals surface area (Å²) in [6.45, 7) is 14.2. The lowest BCUT2D eigenvalue weighted by atomic mass is 9.81. The first-order valence-electron chi connectivity index (χ1n) is 16.7. The molecule has 0 aliphatic rings. The minimum absolute atomic E-state index is 0.625. The molecule has 210 valence electrons. The normalized spacial score (nSPS) is 11.8. The van der Waals surface area contributed by atoms with E-state index in [4.69, 9.17) is 0 Å². The van der Waals surface area contributed by atoms with Gasteiger partial charge < -0.3 is 0 Å². The molecule has 0 aliphatic carbocycles. The second-order valence-corrected chi connectivity index (χ2v) is 12.4. The van der Waals surface area contributed by atoms with Gasteiger partial charge in [0.25, 0.3) is 0 Å². The van der Waals surface area contributed by atoms with Gasteiger partial charge in [-0.05, 0) is 59.8 Å². The van der Waals surface area contributed by atoms with Crippen molar-refractivity contribution in [3.05, 3.63) is 34.4 Å². The van der Waals surface area contributed by atoms with Gasteiger partial charge in [-0.3, -0.25) is 0 Å². The predicted octanol–water partition coefficient (Wildman–Crippen LogP) is 12.9. The van der Waals surface area contributed by atoms with Crippen LogP contribution in [0, 0.1) is 0 Å². The van der Waals surface area contributed by atoms with E-state index in [9.17, 15) is 0 Å². The second-order valence-electron chi connectivity index (χ2n) is 12.4. The molecular formula is C36H66. The zero-order valence-corrected chi connectivity index (χ0v) is 25.9. The predicted molar refractivity (Wildman–Crippen MR) is 166 cm³/mol. The van der Waals surface area contributed by atoms with Crippen LogP contribution in [0.25, 0.3) is 0 Å². The van der Waals surface area contributed by atoms with Gasteiger partial charge in [0.15, 0.2) is 0 Å². The summed E-state index contributed by atoms with van der Waals surface area (Å²) in [5.74, 6) is 1.26. The Morgan fingerprint density at radius 1 is 0.444 bits per heavy atom. The molecule has 0 nitrogen and oxygen atoms in total. The van der Waals surface area contributed by atoms with Crippen molar-refractivity contribution in [1.29, 1.82) is 0 Å². The van der Waals surface area contributed by atoms with E-state index in [1.807, 2.05) is 0 Å². The lowest BCUT2D eigenvalue weighted by Crippen LogP contribution is -2.08. The third-order valence-electron chi connectivity index (χ3n) is 8.27. The van der Waals surface area contributed by atoms with E-state index >= 15 is 0 Å². The summed E-state index contributed by atoms with van der Waals surface area (Å²) in [6.07, 6.45) is 31.1. The van der Waals surface area contributed by atoms with Crippen LogP contribution in [0.1, 0.15) is 204 Å². The van der Waals surface area contributed by atoms with E-state index in [-0.39, 0.29) is 0 Å². The van der Waals surface area contributed by atoms with Gasteiger partial charge in [-0.25, -0.2) is 0 Å². The summed E-state index contributed by atoms with van der Waals surface area (Å²) in [7, 11) is 0. The van der Waals surface area contributed by atoms with Crippen LogP contribution < -0.4 is 0 Å². The molecule has 0 aliphatic heterocycles. The van der Waals surface area contributed by atoms with Crippen LogP contribution in [-0.2, 0) is 12.8 Å². The molecule has 36 heavy (non-hydrogen) atoms. The van der Waals surface area contributed by atoms with Crippen LogP contribution in [0.5, 0.6) is 0 Å². The molecule has 0 bridgehead atoms. The fourth-order valence-corrected chi connectivity index (χ4v) is 6.03. The first-order valence-corrected chi connectivity index (χ1v) is 16.7. The minimum Gasteiger partial charge on any atom is -0.0654 e. The molecule has 0 amide bonds. The number of benzene rings is 1. The molecule has 0 fully saturated rings. The Balaban J connectivity index is 2.52. The van der Waals surface area contributed by atoms with Gasteiger partial charge >= 0.3 is 0 Å². The molecule has 0 aromatic heterocycles. The zero-order valence-electron chi connectivity index (χ0n) is 25.9. The van der Waals surface area contributed by atoms with Crippen LogP contribution in [0.15, 0.2) is 12.1 Å². The van der Waals surface area contributed by atoms with Gasteiger partial charge in [0.05, 0.1) is 0 Å². The Labute approximate surface area is 228 Å². The molecule has 1 aromatic carbocycles. The molecular weight excluding hydrogens is 432 g/mol. The van der Waals surface area contributed by atoms with Gasteiger partial charge in [0.2, 0.25) is 0 Å². The van der Waals surface area contributed by atoms with Crippen LogP contribution >= 0.6 is 0 Å². The van der Waals surface area contributed by atoms with Crippen LogP contribution in [-0.4, -0.2) is 0 Å². The third kappa shape index (κ3) is 14.8. The Bertz CT molecular complexity index is 623. The van der Waals surface area contributed by atoms with Crippen molar-refractivity contribution in [2.24, 2.45) is 0 Å². The Morgan fingerprint density at radius 2 is 0.833 bits per heavy atom. The van der Waals surface area contributed by atoms with Crippen molar-refractivity contribution >= 4 is 0 Å². The highest BCUT2D eigenvalue weighted by Gasteiger charge is 2.17. The maximum Gasteiger partial charge on any atom is -0.0213 e. The monoisotopic (exact) mass is 499 g/mol. The molecule has 1 aromatic rings. The molecule has 0 heterocycles. The summed E-state index contributed by atoms with van der Waals surface area (Å²) in [5.41, 5.74) is 6.73. The number of unbranched alkanes of at least 4 members (excludes halogenated alkanes) is 18. The highest BCUT2D eigenvalue weighted by Crippen LogP contribution is 2.33. The first-order chi connectivity index (χ1) is 17.5. The van der Waals surface area contributed by atoms with Gasteiger partial charge in [-0.2, -0.15) is 0 Å². The first kappa shape index (κ1) is 33.2. The maximum atomic E-state index is 2.51. The SMILES string of the molecule is CCCCCCCCCCCCc1ccc(C(C)C)c(C(C)C)c1CCCCCCCCCCCC. The molecule has 0 radical (unpaired) electrons. The van der Waals surface area contributed by atoms with Gasteiger partial charge in [-0.15, -0.1) is 0 Å². The molecule has 0 unspecified atom stereocenters. The van der Waals surface area contributed by atoms with Crippen molar-refractivity contribution < 1.29 is 0 Å². The van der Waals surface area contributed by atoms with E-state index in [0.29, 0.717) is 11.8 Å². The molecule has 1 rings (SSSR count). The second kappa shape index (κ2) is 22.2. The van der Waals surface area contributed by atoms with Gasteiger partial charge in [0.1, 0.15) is 0 Å². The third-order valence-corrected chi connectivity index (χ3v) is 8.27.